The zero-order valence-corrected chi connectivity index (χ0v) is 21.6. The van der Waals surface area contributed by atoms with Crippen LogP contribution in [0.5, 0.6) is 0 Å². The number of hydrogen-bond acceptors (Lipinski definition) is 3. The molecule has 4 heteroatoms. The third-order valence-electron chi connectivity index (χ3n) is 7.55. The van der Waals surface area contributed by atoms with Gasteiger partial charge in [0.1, 0.15) is 5.76 Å². The van der Waals surface area contributed by atoms with Crippen LogP contribution in [0.4, 0.5) is 0 Å². The minimum Gasteiger partial charge on any atom is -0.506 e. The maximum atomic E-state index is 13.4. The Morgan fingerprint density at radius 3 is 2.46 bits per heavy atom. The average Bonchev–Trinajstić information content (AvgIpc) is 3.12. The summed E-state index contributed by atoms with van der Waals surface area (Å²) >= 11 is 0. The number of ether oxygens (including phenoxy) is 1. The number of carbonyl (C=O) groups is 1. The standard InChI is InChI=1S/C31H35NO3/c1-19-12-8-10-14-25(19)31(5,6)20(2)18-24-29(33)28(30(24)34)27-22(4)32(17-16-21(3)35-7)26-15-11-9-13-23(26)27/h8-15,18,21,33H,2,16-17H2,1,3-7H3/b24-18-. The first-order valence-electron chi connectivity index (χ1n) is 12.2. The van der Waals surface area contributed by atoms with Crippen LogP contribution >= 0.6 is 0 Å². The predicted octanol–water partition coefficient (Wildman–Crippen LogP) is 7.00. The first-order chi connectivity index (χ1) is 16.6. The highest BCUT2D eigenvalue weighted by atomic mass is 16.5. The predicted molar refractivity (Wildman–Crippen MR) is 144 cm³/mol. The molecule has 0 spiro atoms. The topological polar surface area (TPSA) is 51.5 Å². The van der Waals surface area contributed by atoms with Crippen molar-refractivity contribution in [2.24, 2.45) is 0 Å². The van der Waals surface area contributed by atoms with E-state index >= 15 is 0 Å². The van der Waals surface area contributed by atoms with Crippen LogP contribution < -0.4 is 0 Å². The minimum absolute atomic E-state index is 0.0491. The SMILES string of the molecule is C=C(/C=C1\C(=O)C(c2c(C)n(CCC(C)OC)c3ccccc23)=C1O)C(C)(C)c1ccccc1C. The molecule has 3 aromatic rings. The molecule has 0 radical (unpaired) electrons. The summed E-state index contributed by atoms with van der Waals surface area (Å²) in [7, 11) is 1.72. The van der Waals surface area contributed by atoms with Crippen LogP contribution in [0, 0.1) is 13.8 Å². The van der Waals surface area contributed by atoms with Gasteiger partial charge in [-0.25, -0.2) is 0 Å². The van der Waals surface area contributed by atoms with Crippen LogP contribution in [-0.2, 0) is 21.5 Å². The van der Waals surface area contributed by atoms with Gasteiger partial charge in [-0.1, -0.05) is 62.9 Å². The lowest BCUT2D eigenvalue weighted by Gasteiger charge is -2.30. The van der Waals surface area contributed by atoms with Gasteiger partial charge < -0.3 is 14.4 Å². The van der Waals surface area contributed by atoms with Crippen LogP contribution in [0.3, 0.4) is 0 Å². The van der Waals surface area contributed by atoms with Gasteiger partial charge in [-0.3, -0.25) is 4.79 Å². The molecule has 2 aromatic carbocycles. The van der Waals surface area contributed by atoms with Crippen LogP contribution in [0.25, 0.3) is 16.5 Å². The van der Waals surface area contributed by atoms with Gasteiger partial charge >= 0.3 is 0 Å². The first-order valence-corrected chi connectivity index (χ1v) is 12.2. The Kier molecular flexibility index (Phi) is 6.61. The summed E-state index contributed by atoms with van der Waals surface area (Å²) in [5.74, 6) is -0.0894. The zero-order valence-electron chi connectivity index (χ0n) is 21.6. The number of aliphatic hydroxyl groups is 1. The molecule has 35 heavy (non-hydrogen) atoms. The van der Waals surface area contributed by atoms with Gasteiger partial charge in [0.05, 0.1) is 17.3 Å². The van der Waals surface area contributed by atoms with Crippen LogP contribution in [0.1, 0.15) is 49.6 Å². The summed E-state index contributed by atoms with van der Waals surface area (Å²) in [5, 5.41) is 12.1. The Hall–Kier alpha value is -3.37. The number of aliphatic hydroxyl groups excluding tert-OH is 1. The fourth-order valence-electron chi connectivity index (χ4n) is 5.05. The van der Waals surface area contributed by atoms with Gasteiger partial charge in [0.2, 0.25) is 5.78 Å². The second-order valence-electron chi connectivity index (χ2n) is 10.0. The van der Waals surface area contributed by atoms with E-state index in [0.717, 1.165) is 46.3 Å². The van der Waals surface area contributed by atoms with Crippen LogP contribution in [0.2, 0.25) is 0 Å². The fourth-order valence-corrected chi connectivity index (χ4v) is 5.05. The normalized spacial score (nSPS) is 16.2. The second-order valence-corrected chi connectivity index (χ2v) is 10.0. The number of benzene rings is 2. The summed E-state index contributed by atoms with van der Waals surface area (Å²) in [6.45, 7) is 15.4. The van der Waals surface area contributed by atoms with Crippen molar-refractivity contribution in [1.29, 1.82) is 0 Å². The maximum absolute atomic E-state index is 13.4. The smallest absolute Gasteiger partial charge is 0.201 e. The minimum atomic E-state index is -0.376. The highest BCUT2D eigenvalue weighted by Gasteiger charge is 2.38. The summed E-state index contributed by atoms with van der Waals surface area (Å²) < 4.78 is 7.65. The fraction of sp³-hybridized carbons (Fsp3) is 0.323. The number of fused-ring (bicyclic) bond motifs is 1. The van der Waals surface area contributed by atoms with Crippen molar-refractivity contribution in [2.45, 2.75) is 59.1 Å². The quantitative estimate of drug-likeness (QED) is 0.362. The molecule has 0 amide bonds. The summed E-state index contributed by atoms with van der Waals surface area (Å²) in [6, 6.07) is 16.2. The van der Waals surface area contributed by atoms with E-state index in [1.807, 2.05) is 44.2 Å². The molecular formula is C31H35NO3. The molecule has 1 aliphatic carbocycles. The molecule has 4 rings (SSSR count). The lowest BCUT2D eigenvalue weighted by atomic mass is 9.74. The van der Waals surface area contributed by atoms with Crippen molar-refractivity contribution in [3.05, 3.63) is 100 Å². The van der Waals surface area contributed by atoms with Crippen molar-refractivity contribution < 1.29 is 14.6 Å². The summed E-state index contributed by atoms with van der Waals surface area (Å²) in [6.07, 6.45) is 2.74. The van der Waals surface area contributed by atoms with Gasteiger partial charge in [0.25, 0.3) is 0 Å². The van der Waals surface area contributed by atoms with Crippen molar-refractivity contribution in [2.75, 3.05) is 7.11 Å². The maximum Gasteiger partial charge on any atom is 0.201 e. The molecule has 4 nitrogen and oxygen atoms in total. The van der Waals surface area contributed by atoms with E-state index in [1.165, 1.54) is 5.56 Å². The van der Waals surface area contributed by atoms with Crippen molar-refractivity contribution in [3.8, 4) is 0 Å². The third kappa shape index (κ3) is 4.17. The zero-order chi connectivity index (χ0) is 25.5. The number of para-hydroxylation sites is 1. The van der Waals surface area contributed by atoms with E-state index < -0.39 is 0 Å². The number of methoxy groups -OCH3 is 1. The largest absolute Gasteiger partial charge is 0.506 e. The van der Waals surface area contributed by atoms with Crippen molar-refractivity contribution >= 4 is 22.3 Å². The Bertz CT molecular complexity index is 1380. The molecule has 0 fully saturated rings. The molecule has 1 N–H and O–H groups in total. The number of ketones is 1. The number of aryl methyl sites for hydroxylation is 2. The van der Waals surface area contributed by atoms with Gasteiger partial charge in [0, 0.05) is 41.2 Å². The van der Waals surface area contributed by atoms with E-state index in [4.69, 9.17) is 4.74 Å². The molecule has 0 aliphatic heterocycles. The number of Topliss-reactive ketones (excluding diaryl/α,β-unsaturated/α-hetero) is 1. The first kappa shape index (κ1) is 24.7. The Morgan fingerprint density at radius 2 is 1.80 bits per heavy atom. The van der Waals surface area contributed by atoms with E-state index in [2.05, 4.69) is 50.1 Å². The second kappa shape index (κ2) is 9.35. The number of allylic oxidation sites excluding steroid dienone is 4. The van der Waals surface area contributed by atoms with E-state index in [9.17, 15) is 9.90 Å². The molecule has 0 saturated heterocycles. The van der Waals surface area contributed by atoms with E-state index in [-0.39, 0.29) is 23.1 Å². The van der Waals surface area contributed by atoms with Crippen LogP contribution in [-0.4, -0.2) is 28.7 Å². The molecule has 0 saturated carbocycles. The summed E-state index contributed by atoms with van der Waals surface area (Å²) in [5.41, 5.74) is 6.30. The number of aromatic nitrogens is 1. The number of nitrogens with zero attached hydrogens (tertiary/aromatic N) is 1. The average molecular weight is 470 g/mol. The highest BCUT2D eigenvalue weighted by Crippen LogP contribution is 2.43. The van der Waals surface area contributed by atoms with Gasteiger partial charge in [0.15, 0.2) is 0 Å². The molecule has 1 unspecified atom stereocenters. The highest BCUT2D eigenvalue weighted by molar-refractivity contribution is 6.40. The van der Waals surface area contributed by atoms with Crippen molar-refractivity contribution in [1.82, 2.24) is 4.57 Å². The number of rotatable bonds is 8. The molecular weight excluding hydrogens is 434 g/mol. The lowest BCUT2D eigenvalue weighted by Crippen LogP contribution is -2.25. The Labute approximate surface area is 208 Å². The molecule has 0 bridgehead atoms. The molecule has 1 atom stereocenters. The molecule has 1 aromatic heterocycles. The van der Waals surface area contributed by atoms with Crippen molar-refractivity contribution in [3.63, 3.8) is 0 Å². The summed E-state index contributed by atoms with van der Waals surface area (Å²) in [4.78, 5) is 13.4. The van der Waals surface area contributed by atoms with Crippen LogP contribution in [0.15, 0.2) is 78.1 Å². The number of hydrogen-bond donors (Lipinski definition) is 1. The molecule has 1 heterocycles. The third-order valence-corrected chi connectivity index (χ3v) is 7.55. The van der Waals surface area contributed by atoms with Gasteiger partial charge in [-0.2, -0.15) is 0 Å². The van der Waals surface area contributed by atoms with Gasteiger partial charge in [-0.05, 0) is 56.0 Å². The molecule has 182 valence electrons. The van der Waals surface area contributed by atoms with E-state index in [1.54, 1.807) is 13.2 Å². The van der Waals surface area contributed by atoms with E-state index in [0.29, 0.717) is 11.1 Å². The molecule has 1 aliphatic rings. The number of carbonyl (C=O) groups excluding carboxylic acids is 1. The Balaban J connectivity index is 1.74. The monoisotopic (exact) mass is 469 g/mol. The lowest BCUT2D eigenvalue weighted by molar-refractivity contribution is -0.111. The van der Waals surface area contributed by atoms with Gasteiger partial charge in [-0.15, -0.1) is 0 Å². The Morgan fingerprint density at radius 1 is 1.14 bits per heavy atom.